The molecule has 2 N–H and O–H groups in total. The van der Waals surface area contributed by atoms with Gasteiger partial charge in [0.25, 0.3) is 5.56 Å². The van der Waals surface area contributed by atoms with E-state index in [9.17, 15) is 9.90 Å². The van der Waals surface area contributed by atoms with Crippen molar-refractivity contribution in [3.05, 3.63) is 58.5 Å². The van der Waals surface area contributed by atoms with Crippen molar-refractivity contribution >= 4 is 5.82 Å². The van der Waals surface area contributed by atoms with Crippen LogP contribution in [-0.2, 0) is 7.05 Å². The Kier molecular flexibility index (Phi) is 5.66. The maximum atomic E-state index is 12.1. The number of nitrogens with zero attached hydrogens (tertiary/aromatic N) is 4. The number of piperidine rings is 2. The third kappa shape index (κ3) is 4.25. The third-order valence-electron chi connectivity index (χ3n) is 7.36. The predicted molar refractivity (Wildman–Crippen MR) is 131 cm³/mol. The largest absolute Gasteiger partial charge is 0.507 e. The van der Waals surface area contributed by atoms with E-state index in [-0.39, 0.29) is 11.3 Å². The molecule has 2 bridgehead atoms. The van der Waals surface area contributed by atoms with Gasteiger partial charge in [-0.3, -0.25) is 4.79 Å². The van der Waals surface area contributed by atoms with Gasteiger partial charge in [-0.05, 0) is 74.1 Å². The van der Waals surface area contributed by atoms with Gasteiger partial charge in [0.15, 0.2) is 5.82 Å². The highest BCUT2D eigenvalue weighted by molar-refractivity contribution is 5.74. The molecule has 2 atom stereocenters. The van der Waals surface area contributed by atoms with Crippen LogP contribution in [0.3, 0.4) is 0 Å². The van der Waals surface area contributed by atoms with E-state index in [1.54, 1.807) is 23.7 Å². The molecular weight excluding hydrogens is 414 g/mol. The number of hydrogen-bond acceptors (Lipinski definition) is 6. The molecule has 1 aromatic carbocycles. The second kappa shape index (κ2) is 8.63. The van der Waals surface area contributed by atoms with Crippen LogP contribution in [0.4, 0.5) is 5.82 Å². The molecule has 2 fully saturated rings. The highest BCUT2D eigenvalue weighted by Gasteiger charge is 2.33. The molecule has 7 heteroatoms. The van der Waals surface area contributed by atoms with Crippen molar-refractivity contribution < 1.29 is 5.11 Å². The van der Waals surface area contributed by atoms with Gasteiger partial charge in [0.1, 0.15) is 5.75 Å². The molecule has 0 radical (unpaired) electrons. The van der Waals surface area contributed by atoms with Gasteiger partial charge < -0.3 is 19.9 Å². The van der Waals surface area contributed by atoms with Gasteiger partial charge in [-0.1, -0.05) is 12.5 Å². The molecule has 2 aliphatic rings. The molecular formula is C26H31N5O2. The zero-order chi connectivity index (χ0) is 23.1. The summed E-state index contributed by atoms with van der Waals surface area (Å²) in [6.45, 7) is 1.89. The molecule has 33 heavy (non-hydrogen) atoms. The van der Waals surface area contributed by atoms with E-state index in [1.807, 2.05) is 37.3 Å². The first-order valence-electron chi connectivity index (χ1n) is 11.7. The lowest BCUT2D eigenvalue weighted by molar-refractivity contribution is 0.219. The lowest BCUT2D eigenvalue weighted by Crippen LogP contribution is -2.54. The Hall–Kier alpha value is -3.19. The molecule has 2 unspecified atom stereocenters. The molecule has 0 saturated carbocycles. The van der Waals surface area contributed by atoms with Crippen LogP contribution in [-0.4, -0.2) is 45.0 Å². The normalized spacial score (nSPS) is 22.2. The highest BCUT2D eigenvalue weighted by atomic mass is 16.3. The second-order valence-electron chi connectivity index (χ2n) is 9.52. The topological polar surface area (TPSA) is 83.3 Å². The Morgan fingerprint density at radius 1 is 1.03 bits per heavy atom. The van der Waals surface area contributed by atoms with Crippen molar-refractivity contribution in [2.75, 3.05) is 11.9 Å². The van der Waals surface area contributed by atoms with Gasteiger partial charge in [0, 0.05) is 49.5 Å². The number of pyridine rings is 1. The molecule has 5 rings (SSSR count). The molecule has 2 aliphatic heterocycles. The molecule has 0 aliphatic carbocycles. The monoisotopic (exact) mass is 445 g/mol. The van der Waals surface area contributed by atoms with Crippen molar-refractivity contribution in [2.45, 2.75) is 57.2 Å². The molecule has 3 aromatic rings. The van der Waals surface area contributed by atoms with Crippen LogP contribution in [0.2, 0.25) is 0 Å². The minimum Gasteiger partial charge on any atom is -0.507 e. The van der Waals surface area contributed by atoms with Crippen LogP contribution in [0.5, 0.6) is 5.75 Å². The maximum absolute atomic E-state index is 12.1. The molecule has 4 heterocycles. The van der Waals surface area contributed by atoms with Crippen LogP contribution in [0, 0.1) is 6.92 Å². The van der Waals surface area contributed by atoms with Gasteiger partial charge in [-0.25, -0.2) is 0 Å². The van der Waals surface area contributed by atoms with Crippen molar-refractivity contribution in [3.63, 3.8) is 0 Å². The van der Waals surface area contributed by atoms with E-state index in [0.29, 0.717) is 29.4 Å². The third-order valence-corrected chi connectivity index (χ3v) is 7.36. The lowest BCUT2D eigenvalue weighted by atomic mass is 9.83. The van der Waals surface area contributed by atoms with Crippen molar-refractivity contribution in [1.29, 1.82) is 0 Å². The van der Waals surface area contributed by atoms with Gasteiger partial charge in [0.2, 0.25) is 0 Å². The van der Waals surface area contributed by atoms with Gasteiger partial charge in [-0.15, -0.1) is 10.2 Å². The Morgan fingerprint density at radius 2 is 1.79 bits per heavy atom. The predicted octanol–water partition coefficient (Wildman–Crippen LogP) is 3.63. The highest BCUT2D eigenvalue weighted by Crippen LogP contribution is 2.33. The number of phenols is 1. The molecule has 0 amide bonds. The van der Waals surface area contributed by atoms with E-state index in [2.05, 4.69) is 27.5 Å². The van der Waals surface area contributed by atoms with Crippen LogP contribution in [0.1, 0.15) is 37.8 Å². The van der Waals surface area contributed by atoms with Crippen LogP contribution < -0.4 is 15.8 Å². The number of benzene rings is 1. The van der Waals surface area contributed by atoms with E-state index >= 15 is 0 Å². The Balaban J connectivity index is 1.35. The fourth-order valence-corrected chi connectivity index (χ4v) is 5.26. The molecule has 7 nitrogen and oxygen atoms in total. The van der Waals surface area contributed by atoms with Gasteiger partial charge in [0.05, 0.1) is 5.69 Å². The summed E-state index contributed by atoms with van der Waals surface area (Å²) in [5.41, 5.74) is 3.61. The Labute approximate surface area is 194 Å². The number of rotatable bonds is 4. The van der Waals surface area contributed by atoms with Crippen LogP contribution in [0.25, 0.3) is 22.4 Å². The van der Waals surface area contributed by atoms with E-state index in [1.165, 1.54) is 19.3 Å². The van der Waals surface area contributed by atoms with E-state index in [4.69, 9.17) is 0 Å². The van der Waals surface area contributed by atoms with Gasteiger partial charge >= 0.3 is 0 Å². The first kappa shape index (κ1) is 21.6. The standard InChI is InChI=1S/C26H31N5O2/c1-16-11-18(13-26(33)30(16)2)17-7-8-22(24(32)12-17)23-9-10-25(29-28-23)31(3)21-14-19-5-4-6-20(15-21)27-19/h7-13,19-21,27,32H,4-6,14-15H2,1-3H3. The number of hydrogen-bond donors (Lipinski definition) is 2. The van der Waals surface area contributed by atoms with Crippen molar-refractivity contribution in [2.24, 2.45) is 7.05 Å². The molecule has 0 spiro atoms. The van der Waals surface area contributed by atoms with Crippen LogP contribution >= 0.6 is 0 Å². The summed E-state index contributed by atoms with van der Waals surface area (Å²) in [4.78, 5) is 14.4. The minimum absolute atomic E-state index is 0.0727. The molecule has 2 aromatic heterocycles. The quantitative estimate of drug-likeness (QED) is 0.638. The summed E-state index contributed by atoms with van der Waals surface area (Å²) in [6, 6.07) is 14.5. The fourth-order valence-electron chi connectivity index (χ4n) is 5.26. The summed E-state index contributed by atoms with van der Waals surface area (Å²) >= 11 is 0. The Morgan fingerprint density at radius 3 is 2.42 bits per heavy atom. The summed E-state index contributed by atoms with van der Waals surface area (Å²) in [5.74, 6) is 0.975. The number of aromatic nitrogens is 3. The smallest absolute Gasteiger partial charge is 0.251 e. The average molecular weight is 446 g/mol. The van der Waals surface area contributed by atoms with Gasteiger partial charge in [-0.2, -0.15) is 0 Å². The summed E-state index contributed by atoms with van der Waals surface area (Å²) < 4.78 is 1.60. The van der Waals surface area contributed by atoms with Crippen LogP contribution in [0.15, 0.2) is 47.3 Å². The fraction of sp³-hybridized carbons (Fsp3) is 0.423. The maximum Gasteiger partial charge on any atom is 0.251 e. The number of fused-ring (bicyclic) bond motifs is 2. The SMILES string of the molecule is Cc1cc(-c2ccc(-c3ccc(N(C)C4CC5CCCC(C4)N5)nn3)c(O)c2)cc(=O)n1C. The van der Waals surface area contributed by atoms with Crippen molar-refractivity contribution in [1.82, 2.24) is 20.1 Å². The second-order valence-corrected chi connectivity index (χ2v) is 9.52. The van der Waals surface area contributed by atoms with Crippen molar-refractivity contribution in [3.8, 4) is 28.1 Å². The number of aryl methyl sites for hydroxylation is 1. The summed E-state index contributed by atoms with van der Waals surface area (Å²) in [7, 11) is 3.85. The lowest BCUT2D eigenvalue weighted by Gasteiger charge is -2.43. The summed E-state index contributed by atoms with van der Waals surface area (Å²) in [5, 5.41) is 23.3. The zero-order valence-electron chi connectivity index (χ0n) is 19.5. The number of anilines is 1. The first-order chi connectivity index (χ1) is 15.9. The number of nitrogens with one attached hydrogen (secondary N) is 1. The summed E-state index contributed by atoms with van der Waals surface area (Å²) in [6.07, 6.45) is 6.13. The van der Waals surface area contributed by atoms with E-state index < -0.39 is 0 Å². The average Bonchev–Trinajstić information content (AvgIpc) is 2.81. The Bertz CT molecular complexity index is 1210. The molecule has 172 valence electrons. The van der Waals surface area contributed by atoms with E-state index in [0.717, 1.165) is 35.5 Å². The number of phenolic OH excluding ortho intramolecular Hbond substituents is 1. The first-order valence-corrected chi connectivity index (χ1v) is 11.7. The zero-order valence-corrected chi connectivity index (χ0v) is 19.5. The number of aromatic hydroxyl groups is 1. The molecule has 2 saturated heterocycles. The minimum atomic E-state index is -0.0727.